The zero-order valence-electron chi connectivity index (χ0n) is 19.1. The van der Waals surface area contributed by atoms with Gasteiger partial charge in [-0.05, 0) is 51.0 Å². The summed E-state index contributed by atoms with van der Waals surface area (Å²) < 4.78 is 9.30. The minimum atomic E-state index is -0.0709. The predicted octanol–water partition coefficient (Wildman–Crippen LogP) is 4.54. The van der Waals surface area contributed by atoms with E-state index in [1.54, 1.807) is 11.8 Å². The van der Waals surface area contributed by atoms with E-state index >= 15 is 0 Å². The van der Waals surface area contributed by atoms with Crippen molar-refractivity contribution in [2.24, 2.45) is 7.05 Å². The fourth-order valence-electron chi connectivity index (χ4n) is 4.24. The lowest BCUT2D eigenvalue weighted by molar-refractivity contribution is -0.113. The highest BCUT2D eigenvalue weighted by Gasteiger charge is 2.24. The molecular formula is C23H30N6O2S. The third-order valence-corrected chi connectivity index (χ3v) is 7.00. The van der Waals surface area contributed by atoms with Gasteiger partial charge in [0.05, 0.1) is 29.9 Å². The van der Waals surface area contributed by atoms with Gasteiger partial charge in [-0.15, -0.1) is 10.2 Å². The van der Waals surface area contributed by atoms with Crippen LogP contribution < -0.4 is 10.1 Å². The molecule has 0 spiro atoms. The Balaban J connectivity index is 1.54. The van der Waals surface area contributed by atoms with Crippen molar-refractivity contribution >= 4 is 23.4 Å². The van der Waals surface area contributed by atoms with Gasteiger partial charge in [0.25, 0.3) is 0 Å². The Hall–Kier alpha value is -2.81. The molecule has 32 heavy (non-hydrogen) atoms. The lowest BCUT2D eigenvalue weighted by Gasteiger charge is -2.25. The topological polar surface area (TPSA) is 86.9 Å². The molecule has 1 N–H and O–H groups in total. The lowest BCUT2D eigenvalue weighted by atomic mass is 9.95. The van der Waals surface area contributed by atoms with Gasteiger partial charge in [0.1, 0.15) is 5.75 Å². The zero-order valence-corrected chi connectivity index (χ0v) is 19.9. The Morgan fingerprint density at radius 3 is 2.50 bits per heavy atom. The van der Waals surface area contributed by atoms with Gasteiger partial charge in [-0.3, -0.25) is 14.0 Å². The highest BCUT2D eigenvalue weighted by atomic mass is 32.2. The number of nitrogens with zero attached hydrogens (tertiary/aromatic N) is 5. The van der Waals surface area contributed by atoms with E-state index in [9.17, 15) is 4.79 Å². The van der Waals surface area contributed by atoms with E-state index in [2.05, 4.69) is 25.2 Å². The van der Waals surface area contributed by atoms with Crippen LogP contribution in [0.15, 0.2) is 29.4 Å². The Morgan fingerprint density at radius 2 is 1.88 bits per heavy atom. The van der Waals surface area contributed by atoms with E-state index in [4.69, 9.17) is 4.74 Å². The summed E-state index contributed by atoms with van der Waals surface area (Å²) in [5.41, 5.74) is 3.54. The maximum atomic E-state index is 12.7. The largest absolute Gasteiger partial charge is 0.497 e. The number of ether oxygens (including phenoxy) is 1. The Labute approximate surface area is 192 Å². The minimum Gasteiger partial charge on any atom is -0.497 e. The van der Waals surface area contributed by atoms with E-state index in [0.717, 1.165) is 52.2 Å². The zero-order chi connectivity index (χ0) is 22.7. The van der Waals surface area contributed by atoms with Gasteiger partial charge in [0.15, 0.2) is 11.0 Å². The van der Waals surface area contributed by atoms with Crippen molar-refractivity contribution in [3.63, 3.8) is 0 Å². The van der Waals surface area contributed by atoms with Crippen LogP contribution in [0.1, 0.15) is 49.5 Å². The number of aromatic nitrogens is 5. The highest BCUT2D eigenvalue weighted by molar-refractivity contribution is 7.99. The number of benzene rings is 1. The summed E-state index contributed by atoms with van der Waals surface area (Å²) in [6, 6.07) is 8.25. The van der Waals surface area contributed by atoms with Gasteiger partial charge in [-0.1, -0.05) is 31.0 Å². The molecule has 2 aromatic heterocycles. The second kappa shape index (κ2) is 9.77. The van der Waals surface area contributed by atoms with E-state index in [0.29, 0.717) is 6.04 Å². The number of hydrogen-bond donors (Lipinski definition) is 1. The molecule has 1 aliphatic rings. The third-order valence-electron chi connectivity index (χ3n) is 6.06. The molecule has 0 saturated heterocycles. The number of rotatable bonds is 7. The van der Waals surface area contributed by atoms with Crippen LogP contribution in [0.25, 0.3) is 11.4 Å². The summed E-state index contributed by atoms with van der Waals surface area (Å²) >= 11 is 1.44. The van der Waals surface area contributed by atoms with Crippen molar-refractivity contribution in [2.75, 3.05) is 18.2 Å². The molecule has 1 saturated carbocycles. The molecule has 170 valence electrons. The van der Waals surface area contributed by atoms with Crippen molar-refractivity contribution < 1.29 is 9.53 Å². The number of hydrogen-bond acceptors (Lipinski definition) is 6. The summed E-state index contributed by atoms with van der Waals surface area (Å²) in [4.78, 5) is 12.7. The van der Waals surface area contributed by atoms with Crippen molar-refractivity contribution in [3.8, 4) is 17.1 Å². The van der Waals surface area contributed by atoms with Gasteiger partial charge in [0, 0.05) is 18.7 Å². The monoisotopic (exact) mass is 454 g/mol. The van der Waals surface area contributed by atoms with Crippen LogP contribution in [0.4, 0.5) is 5.69 Å². The maximum Gasteiger partial charge on any atom is 0.234 e. The van der Waals surface area contributed by atoms with Crippen LogP contribution in [-0.4, -0.2) is 43.3 Å². The number of aryl methyl sites for hydroxylation is 2. The van der Waals surface area contributed by atoms with Gasteiger partial charge >= 0.3 is 0 Å². The number of carbonyl (C=O) groups is 1. The van der Waals surface area contributed by atoms with Crippen molar-refractivity contribution in [3.05, 3.63) is 35.7 Å². The normalized spacial score (nSPS) is 14.5. The van der Waals surface area contributed by atoms with Gasteiger partial charge in [-0.2, -0.15) is 5.10 Å². The summed E-state index contributed by atoms with van der Waals surface area (Å²) in [6.07, 6.45) is 5.89. The lowest BCUT2D eigenvalue weighted by Crippen LogP contribution is -2.18. The fraction of sp³-hybridized carbons (Fsp3) is 0.478. The second-order valence-corrected chi connectivity index (χ2v) is 9.15. The molecule has 1 aromatic carbocycles. The minimum absolute atomic E-state index is 0.0709. The molecule has 2 heterocycles. The number of anilines is 1. The summed E-state index contributed by atoms with van der Waals surface area (Å²) in [7, 11) is 3.54. The molecule has 0 radical (unpaired) electrons. The third kappa shape index (κ3) is 4.67. The van der Waals surface area contributed by atoms with Gasteiger partial charge < -0.3 is 10.1 Å². The molecule has 9 heteroatoms. The first-order chi connectivity index (χ1) is 15.5. The summed E-state index contributed by atoms with van der Waals surface area (Å²) in [5.74, 6) is 1.85. The second-order valence-electron chi connectivity index (χ2n) is 8.20. The van der Waals surface area contributed by atoms with Crippen LogP contribution in [-0.2, 0) is 11.8 Å². The average molecular weight is 455 g/mol. The molecule has 0 bridgehead atoms. The van der Waals surface area contributed by atoms with Crippen LogP contribution >= 0.6 is 11.8 Å². The Kier molecular flexibility index (Phi) is 6.83. The first kappa shape index (κ1) is 22.4. The van der Waals surface area contributed by atoms with Crippen molar-refractivity contribution in [1.82, 2.24) is 24.5 Å². The van der Waals surface area contributed by atoms with Gasteiger partial charge in [-0.25, -0.2) is 0 Å². The summed E-state index contributed by atoms with van der Waals surface area (Å²) in [5, 5.41) is 17.2. The fourth-order valence-corrected chi connectivity index (χ4v) is 5.05. The van der Waals surface area contributed by atoms with Crippen LogP contribution in [0.3, 0.4) is 0 Å². The predicted molar refractivity (Wildman–Crippen MR) is 126 cm³/mol. The molecule has 1 aliphatic carbocycles. The number of methoxy groups -OCH3 is 1. The van der Waals surface area contributed by atoms with Crippen molar-refractivity contribution in [2.45, 2.75) is 57.1 Å². The molecule has 3 aromatic rings. The number of nitrogens with one attached hydrogen (secondary N) is 1. The van der Waals surface area contributed by atoms with Crippen LogP contribution in [0.5, 0.6) is 5.75 Å². The molecule has 1 fully saturated rings. The smallest absolute Gasteiger partial charge is 0.234 e. The standard InChI is InChI=1S/C23H30N6O2S/c1-15-21(16(2)28(3)27-15)24-20(30)14-32-23-26-25-22(17-10-12-19(31-4)13-11-17)29(23)18-8-6-5-7-9-18/h10-13,18H,5-9,14H2,1-4H3,(H,24,30). The SMILES string of the molecule is COc1ccc(-c2nnc(SCC(=O)Nc3c(C)nn(C)c3C)n2C2CCCCC2)cc1. The number of thioether (sulfide) groups is 1. The van der Waals surface area contributed by atoms with E-state index in [-0.39, 0.29) is 11.7 Å². The van der Waals surface area contributed by atoms with Gasteiger partial charge in [0.2, 0.25) is 5.91 Å². The average Bonchev–Trinajstić information content (AvgIpc) is 3.34. The maximum absolute atomic E-state index is 12.7. The molecular weight excluding hydrogens is 424 g/mol. The van der Waals surface area contributed by atoms with Crippen LogP contribution in [0, 0.1) is 13.8 Å². The van der Waals surface area contributed by atoms with Crippen molar-refractivity contribution in [1.29, 1.82) is 0 Å². The highest BCUT2D eigenvalue weighted by Crippen LogP contribution is 2.36. The Bertz CT molecular complexity index is 1080. The molecule has 8 nitrogen and oxygen atoms in total. The number of carbonyl (C=O) groups excluding carboxylic acids is 1. The van der Waals surface area contributed by atoms with E-state index in [1.165, 1.54) is 31.0 Å². The first-order valence-electron chi connectivity index (χ1n) is 11.0. The van der Waals surface area contributed by atoms with E-state index in [1.807, 2.05) is 45.2 Å². The Morgan fingerprint density at radius 1 is 1.16 bits per heavy atom. The molecule has 4 rings (SSSR count). The first-order valence-corrected chi connectivity index (χ1v) is 12.0. The summed E-state index contributed by atoms with van der Waals surface area (Å²) in [6.45, 7) is 3.85. The van der Waals surface area contributed by atoms with Crippen LogP contribution in [0.2, 0.25) is 0 Å². The quantitative estimate of drug-likeness (QED) is 0.528. The molecule has 0 unspecified atom stereocenters. The van der Waals surface area contributed by atoms with E-state index < -0.39 is 0 Å². The number of amides is 1. The molecule has 1 amide bonds. The molecule has 0 aliphatic heterocycles. The molecule has 0 atom stereocenters.